The Morgan fingerprint density at radius 3 is 1.39 bits per heavy atom. The highest BCUT2D eigenvalue weighted by Crippen LogP contribution is 2.38. The number of hydrogen-bond donors (Lipinski definition) is 1. The van der Waals surface area contributed by atoms with Crippen LogP contribution in [0.1, 0.15) is 252 Å². The van der Waals surface area contributed by atoms with Crippen LogP contribution in [-0.2, 0) is 27.9 Å². The molecule has 0 heterocycles. The fourth-order valence-corrected chi connectivity index (χ4v) is 9.21. The molecule has 0 fully saturated rings. The maximum atomic E-state index is 13.5. The van der Waals surface area contributed by atoms with Crippen LogP contribution >= 0.6 is 7.82 Å². The summed E-state index contributed by atoms with van der Waals surface area (Å²) in [5, 5.41) is 3.02. The minimum Gasteiger partial charge on any atom is -0.756 e. The number of carbonyl (C=O) groups is 2. The van der Waals surface area contributed by atoms with Crippen LogP contribution in [0.15, 0.2) is 109 Å². The van der Waals surface area contributed by atoms with Crippen molar-refractivity contribution in [3.63, 3.8) is 0 Å². The molecule has 3 atom stereocenters. The number of likely N-dealkylation sites (N-methyl/N-ethyl adjacent to an activating group) is 1. The first-order valence-corrected chi connectivity index (χ1v) is 32.7. The van der Waals surface area contributed by atoms with E-state index in [2.05, 4.69) is 123 Å². The fraction of sp³-hybridized carbons (Fsp3) is 0.701. The van der Waals surface area contributed by atoms with Crippen molar-refractivity contribution < 1.29 is 37.3 Å². The molecule has 0 rings (SSSR count). The molecule has 0 aromatic rings. The highest BCUT2D eigenvalue weighted by Gasteiger charge is 2.27. The predicted molar refractivity (Wildman–Crippen MR) is 330 cm³/mol. The van der Waals surface area contributed by atoms with Gasteiger partial charge in [-0.3, -0.25) is 14.2 Å². The number of carbonyl (C=O) groups excluding carboxylic acids is 2. The average molecular weight is 1090 g/mol. The van der Waals surface area contributed by atoms with Crippen molar-refractivity contribution in [1.82, 2.24) is 5.32 Å². The van der Waals surface area contributed by atoms with Crippen LogP contribution < -0.4 is 10.2 Å². The van der Waals surface area contributed by atoms with Crippen LogP contribution in [0, 0.1) is 0 Å². The number of nitrogens with zero attached hydrogens (tertiary/aromatic N) is 1. The second-order valence-electron chi connectivity index (χ2n) is 21.9. The fourth-order valence-electron chi connectivity index (χ4n) is 8.49. The van der Waals surface area contributed by atoms with Gasteiger partial charge in [0.05, 0.1) is 33.8 Å². The molecule has 0 aromatic carbocycles. The van der Waals surface area contributed by atoms with Crippen LogP contribution in [0.5, 0.6) is 0 Å². The number of ether oxygens (including phenoxy) is 1. The van der Waals surface area contributed by atoms with E-state index in [0.29, 0.717) is 23.9 Å². The Bertz CT molecular complexity index is 1690. The number of hydrogen-bond acceptors (Lipinski definition) is 7. The zero-order valence-corrected chi connectivity index (χ0v) is 51.3. The molecule has 0 aliphatic rings. The van der Waals surface area contributed by atoms with Gasteiger partial charge in [-0.15, -0.1) is 0 Å². The molecule has 442 valence electrons. The first kappa shape index (κ1) is 73.7. The number of unbranched alkanes of at least 4 members (excludes halogenated alkanes) is 25. The molecule has 0 aliphatic heterocycles. The van der Waals surface area contributed by atoms with Crippen LogP contribution in [0.2, 0.25) is 0 Å². The maximum absolute atomic E-state index is 13.5. The summed E-state index contributed by atoms with van der Waals surface area (Å²) in [6.07, 6.45) is 76.2. The molecule has 10 heteroatoms. The zero-order valence-electron chi connectivity index (χ0n) is 50.4. The van der Waals surface area contributed by atoms with Gasteiger partial charge in [-0.05, 0) is 96.0 Å². The van der Waals surface area contributed by atoms with Gasteiger partial charge < -0.3 is 28.5 Å². The molecule has 9 nitrogen and oxygen atoms in total. The number of allylic oxidation sites excluding steroid dienone is 17. The van der Waals surface area contributed by atoms with Crippen LogP contribution in [0.3, 0.4) is 0 Å². The van der Waals surface area contributed by atoms with Crippen LogP contribution in [0.25, 0.3) is 0 Å². The van der Waals surface area contributed by atoms with E-state index in [1.54, 1.807) is 0 Å². The summed E-state index contributed by atoms with van der Waals surface area (Å²) in [4.78, 5) is 40.0. The average Bonchev–Trinajstić information content (AvgIpc) is 3.39. The summed E-state index contributed by atoms with van der Waals surface area (Å²) >= 11 is 0. The highest BCUT2D eigenvalue weighted by molar-refractivity contribution is 7.45. The lowest BCUT2D eigenvalue weighted by Gasteiger charge is -2.30. The normalized spacial score (nSPS) is 14.4. The van der Waals surface area contributed by atoms with Crippen molar-refractivity contribution in [2.75, 3.05) is 40.9 Å². The second-order valence-corrected chi connectivity index (χ2v) is 23.3. The number of esters is 1. The maximum Gasteiger partial charge on any atom is 0.306 e. The Hall–Kier alpha value is -3.33. The first-order chi connectivity index (χ1) is 37.4. The van der Waals surface area contributed by atoms with E-state index in [1.807, 2.05) is 33.3 Å². The molecule has 3 unspecified atom stereocenters. The van der Waals surface area contributed by atoms with Gasteiger partial charge >= 0.3 is 5.97 Å². The Balaban J connectivity index is 5.28. The highest BCUT2D eigenvalue weighted by atomic mass is 31.2. The van der Waals surface area contributed by atoms with Crippen molar-refractivity contribution in [3.8, 4) is 0 Å². The lowest BCUT2D eigenvalue weighted by molar-refractivity contribution is -0.870. The van der Waals surface area contributed by atoms with E-state index in [9.17, 15) is 19.0 Å². The van der Waals surface area contributed by atoms with Gasteiger partial charge in [0.2, 0.25) is 5.91 Å². The van der Waals surface area contributed by atoms with Gasteiger partial charge in [-0.25, -0.2) is 0 Å². The Labute approximate surface area is 474 Å². The SMILES string of the molecule is CC/C=C\C/C=C\C/C=C\C/C=C\C/C=C\CCCCCCCCCC(=O)OC(/C=C\CCCCCCCCCCCCC)C(COP(=O)([O-])OCC[N+](C)(C)C)NC(=O)CCCCCCCCC/C=C/C=C/C=C/CC. The molecule has 0 aliphatic carbocycles. The van der Waals surface area contributed by atoms with E-state index in [4.69, 9.17) is 13.8 Å². The van der Waals surface area contributed by atoms with Gasteiger partial charge in [0.1, 0.15) is 19.3 Å². The Morgan fingerprint density at radius 1 is 0.481 bits per heavy atom. The second kappa shape index (κ2) is 56.0. The monoisotopic (exact) mass is 1090 g/mol. The molecule has 1 amide bonds. The smallest absolute Gasteiger partial charge is 0.306 e. The topological polar surface area (TPSA) is 114 Å². The Morgan fingerprint density at radius 2 is 0.896 bits per heavy atom. The standard InChI is InChI=1S/C67H117N2O7P/c1-7-10-13-16-19-22-25-28-30-31-32-33-34-35-36-37-39-42-45-48-51-54-57-60-67(71)76-65(58-55-52-49-46-43-40-27-24-21-18-15-12-9-3)64(63-75-77(72,73)74-62-61-69(4,5)6)68-66(70)59-56-53-50-47-44-41-38-29-26-23-20-17-14-11-8-2/h10-11,13-14,17,19-20,22-23,26,28,30,32-33,35-36,55,58,64-65H,7-9,12,15-16,18,21,24-25,27,29,31,34,37-54,56-57,59-63H2,1-6H3,(H-,68,70,72,73)/b13-10-,14-11+,20-17+,22-19-,26-23+,30-28-,33-32-,36-35-,58-55-. The molecule has 0 spiro atoms. The summed E-state index contributed by atoms with van der Waals surface area (Å²) < 4.78 is 30.3. The number of amides is 1. The molecule has 1 N–H and O–H groups in total. The van der Waals surface area contributed by atoms with E-state index in [0.717, 1.165) is 116 Å². The van der Waals surface area contributed by atoms with Crippen molar-refractivity contribution in [2.24, 2.45) is 0 Å². The Kier molecular flexibility index (Phi) is 53.5. The van der Waals surface area contributed by atoms with Gasteiger partial charge in [0.25, 0.3) is 7.82 Å². The third-order valence-electron chi connectivity index (χ3n) is 13.3. The van der Waals surface area contributed by atoms with Gasteiger partial charge in [0.15, 0.2) is 0 Å². The molecule has 0 saturated heterocycles. The number of rotatable bonds is 55. The quantitative estimate of drug-likeness (QED) is 0.0161. The largest absolute Gasteiger partial charge is 0.756 e. The third kappa shape index (κ3) is 57.2. The summed E-state index contributed by atoms with van der Waals surface area (Å²) in [6, 6.07) is -0.906. The number of quaternary nitrogens is 1. The van der Waals surface area contributed by atoms with E-state index in [-0.39, 0.29) is 24.9 Å². The lowest BCUT2D eigenvalue weighted by Crippen LogP contribution is -2.47. The third-order valence-corrected chi connectivity index (χ3v) is 14.2. The molecule has 0 aromatic heterocycles. The number of nitrogens with one attached hydrogen (secondary N) is 1. The van der Waals surface area contributed by atoms with E-state index >= 15 is 0 Å². The minimum absolute atomic E-state index is 0.0322. The predicted octanol–water partition coefficient (Wildman–Crippen LogP) is 18.7. The van der Waals surface area contributed by atoms with E-state index < -0.39 is 26.6 Å². The number of phosphoric acid groups is 1. The summed E-state index contributed by atoms with van der Waals surface area (Å²) in [5.74, 6) is -0.572. The first-order valence-electron chi connectivity index (χ1n) is 31.2. The van der Waals surface area contributed by atoms with Gasteiger partial charge in [0, 0.05) is 12.8 Å². The van der Waals surface area contributed by atoms with Crippen molar-refractivity contribution in [3.05, 3.63) is 109 Å². The van der Waals surface area contributed by atoms with Crippen molar-refractivity contribution in [1.29, 1.82) is 0 Å². The number of phosphoric ester groups is 1. The zero-order chi connectivity index (χ0) is 56.4. The molecule has 0 bridgehead atoms. The van der Waals surface area contributed by atoms with Gasteiger partial charge in [-0.2, -0.15) is 0 Å². The molecule has 0 radical (unpaired) electrons. The summed E-state index contributed by atoms with van der Waals surface area (Å²) in [5.41, 5.74) is 0. The van der Waals surface area contributed by atoms with Crippen molar-refractivity contribution in [2.45, 2.75) is 264 Å². The molecule has 0 saturated carbocycles. The minimum atomic E-state index is -4.71. The van der Waals surface area contributed by atoms with Gasteiger partial charge in [-0.1, -0.05) is 252 Å². The van der Waals surface area contributed by atoms with E-state index in [1.165, 1.54) is 96.3 Å². The summed E-state index contributed by atoms with van der Waals surface area (Å²) in [7, 11) is 1.15. The molecular weight excluding hydrogens is 976 g/mol. The lowest BCUT2D eigenvalue weighted by atomic mass is 10.0. The van der Waals surface area contributed by atoms with Crippen LogP contribution in [-0.4, -0.2) is 69.4 Å². The summed E-state index contributed by atoms with van der Waals surface area (Å²) in [6.45, 7) is 6.58. The van der Waals surface area contributed by atoms with Crippen LogP contribution in [0.4, 0.5) is 0 Å². The molecule has 77 heavy (non-hydrogen) atoms. The molecular formula is C67H117N2O7P. The van der Waals surface area contributed by atoms with Crippen molar-refractivity contribution >= 4 is 19.7 Å².